The zero-order chi connectivity index (χ0) is 21.8. The molecule has 1 saturated heterocycles. The Labute approximate surface area is 182 Å². The summed E-state index contributed by atoms with van der Waals surface area (Å²) in [5.41, 5.74) is 0.895. The van der Waals surface area contributed by atoms with E-state index in [0.29, 0.717) is 42.4 Å². The summed E-state index contributed by atoms with van der Waals surface area (Å²) in [4.78, 5) is 54.2. The van der Waals surface area contributed by atoms with Crippen molar-refractivity contribution in [3.05, 3.63) is 68.6 Å². The van der Waals surface area contributed by atoms with Gasteiger partial charge in [-0.2, -0.15) is 11.3 Å². The van der Waals surface area contributed by atoms with Crippen molar-refractivity contribution in [1.82, 2.24) is 20.5 Å². The van der Waals surface area contributed by atoms with Crippen LogP contribution in [0.15, 0.2) is 52.1 Å². The van der Waals surface area contributed by atoms with E-state index in [1.807, 2.05) is 5.38 Å². The molecule has 2 aromatic heterocycles. The lowest BCUT2D eigenvalue weighted by atomic mass is 10.0. The Morgan fingerprint density at radius 1 is 1.10 bits per heavy atom. The van der Waals surface area contributed by atoms with Gasteiger partial charge in [0.15, 0.2) is 0 Å². The molecular formula is C22H22N4O4S. The Balaban J connectivity index is 1.28. The van der Waals surface area contributed by atoms with Crippen molar-refractivity contribution in [2.45, 2.75) is 18.9 Å². The number of aromatic amines is 1. The second kappa shape index (κ2) is 9.13. The predicted octanol–water partition coefficient (Wildman–Crippen LogP) is 1.74. The van der Waals surface area contributed by atoms with Gasteiger partial charge < -0.3 is 20.5 Å². The van der Waals surface area contributed by atoms with Crippen LogP contribution in [0.25, 0.3) is 10.9 Å². The predicted molar refractivity (Wildman–Crippen MR) is 118 cm³/mol. The highest BCUT2D eigenvalue weighted by molar-refractivity contribution is 7.08. The number of piperidine rings is 1. The quantitative estimate of drug-likeness (QED) is 0.563. The number of amides is 3. The molecule has 3 aromatic rings. The fourth-order valence-corrected chi connectivity index (χ4v) is 4.27. The van der Waals surface area contributed by atoms with Crippen molar-refractivity contribution in [2.75, 3.05) is 19.6 Å². The maximum Gasteiger partial charge on any atom is 0.257 e. The molecule has 0 bridgehead atoms. The molecule has 0 aliphatic carbocycles. The number of fused-ring (bicyclic) bond motifs is 1. The molecule has 1 aliphatic heterocycles. The molecule has 8 nitrogen and oxygen atoms in total. The van der Waals surface area contributed by atoms with Gasteiger partial charge in [0.25, 0.3) is 11.8 Å². The highest BCUT2D eigenvalue weighted by Gasteiger charge is 2.24. The summed E-state index contributed by atoms with van der Waals surface area (Å²) in [7, 11) is 0. The van der Waals surface area contributed by atoms with Crippen LogP contribution in [0.4, 0.5) is 0 Å². The topological polar surface area (TPSA) is 111 Å². The largest absolute Gasteiger partial charge is 0.360 e. The summed E-state index contributed by atoms with van der Waals surface area (Å²) in [6.45, 7) is 0.816. The lowest BCUT2D eigenvalue weighted by molar-refractivity contribution is -0.131. The molecule has 0 atom stereocenters. The van der Waals surface area contributed by atoms with E-state index in [1.54, 1.807) is 40.6 Å². The first-order chi connectivity index (χ1) is 15.0. The van der Waals surface area contributed by atoms with Gasteiger partial charge in [0.2, 0.25) is 11.3 Å². The molecule has 0 radical (unpaired) electrons. The summed E-state index contributed by atoms with van der Waals surface area (Å²) in [5.74, 6) is -0.898. The van der Waals surface area contributed by atoms with Crippen molar-refractivity contribution in [1.29, 1.82) is 0 Å². The van der Waals surface area contributed by atoms with E-state index >= 15 is 0 Å². The smallest absolute Gasteiger partial charge is 0.257 e. The Kier molecular flexibility index (Phi) is 6.13. The van der Waals surface area contributed by atoms with Gasteiger partial charge in [-0.1, -0.05) is 12.1 Å². The van der Waals surface area contributed by atoms with Crippen molar-refractivity contribution in [3.63, 3.8) is 0 Å². The molecule has 3 amide bonds. The van der Waals surface area contributed by atoms with Crippen LogP contribution in [0.2, 0.25) is 0 Å². The normalized spacial score (nSPS) is 14.4. The number of carbonyl (C=O) groups excluding carboxylic acids is 3. The number of benzene rings is 1. The number of carbonyl (C=O) groups is 3. The maximum absolute atomic E-state index is 12.5. The highest BCUT2D eigenvalue weighted by atomic mass is 32.1. The van der Waals surface area contributed by atoms with Gasteiger partial charge in [0, 0.05) is 47.2 Å². The monoisotopic (exact) mass is 438 g/mol. The number of H-pyrrole nitrogens is 1. The van der Waals surface area contributed by atoms with E-state index in [1.165, 1.54) is 17.5 Å². The number of pyridine rings is 1. The average molecular weight is 439 g/mol. The molecule has 1 aliphatic rings. The van der Waals surface area contributed by atoms with Crippen LogP contribution in [0.1, 0.15) is 33.6 Å². The molecule has 0 saturated carbocycles. The van der Waals surface area contributed by atoms with E-state index in [0.717, 1.165) is 0 Å². The number of nitrogens with zero attached hydrogens (tertiary/aromatic N) is 1. The number of aromatic nitrogens is 1. The minimum Gasteiger partial charge on any atom is -0.360 e. The summed E-state index contributed by atoms with van der Waals surface area (Å²) in [5, 5.41) is 9.62. The van der Waals surface area contributed by atoms with E-state index in [-0.39, 0.29) is 35.4 Å². The van der Waals surface area contributed by atoms with Gasteiger partial charge in [-0.3, -0.25) is 19.2 Å². The number of nitrogens with one attached hydrogen (secondary N) is 3. The molecule has 1 aromatic carbocycles. The van der Waals surface area contributed by atoms with Crippen LogP contribution in [0.5, 0.6) is 0 Å². The van der Waals surface area contributed by atoms with Gasteiger partial charge in [-0.15, -0.1) is 0 Å². The standard InChI is InChI=1S/C22H22N4O4S/c27-19(26-8-5-15(6-9-26)25-21(29)14-7-10-31-13-14)12-24-22(30)17-11-23-18-4-2-1-3-16(18)20(17)28/h1-4,7,10-11,13,15H,5-6,8-9,12H2,(H,23,28)(H,24,30)(H,25,29). The van der Waals surface area contributed by atoms with E-state index < -0.39 is 5.91 Å². The van der Waals surface area contributed by atoms with Gasteiger partial charge >= 0.3 is 0 Å². The molecule has 31 heavy (non-hydrogen) atoms. The Hall–Kier alpha value is -3.46. The molecule has 0 unspecified atom stereocenters. The van der Waals surface area contributed by atoms with Crippen LogP contribution in [-0.2, 0) is 4.79 Å². The highest BCUT2D eigenvalue weighted by Crippen LogP contribution is 2.13. The molecule has 3 heterocycles. The van der Waals surface area contributed by atoms with Gasteiger partial charge in [0.1, 0.15) is 5.56 Å². The van der Waals surface area contributed by atoms with E-state index in [2.05, 4.69) is 15.6 Å². The Bertz CT molecular complexity index is 1160. The summed E-state index contributed by atoms with van der Waals surface area (Å²) < 4.78 is 0. The summed E-state index contributed by atoms with van der Waals surface area (Å²) in [6, 6.07) is 8.73. The molecular weight excluding hydrogens is 416 g/mol. The SMILES string of the molecule is O=C(NC1CCN(C(=O)CNC(=O)c2c[nH]c3ccccc3c2=O)CC1)c1ccsc1. The first-order valence-corrected chi connectivity index (χ1v) is 11.0. The van der Waals surface area contributed by atoms with Crippen molar-refractivity contribution >= 4 is 40.0 Å². The van der Waals surface area contributed by atoms with Crippen LogP contribution in [0, 0.1) is 0 Å². The lowest BCUT2D eigenvalue weighted by Crippen LogP contribution is -2.49. The number of rotatable bonds is 5. The van der Waals surface area contributed by atoms with Gasteiger partial charge in [-0.05, 0) is 36.4 Å². The van der Waals surface area contributed by atoms with Crippen molar-refractivity contribution in [3.8, 4) is 0 Å². The van der Waals surface area contributed by atoms with Crippen molar-refractivity contribution < 1.29 is 14.4 Å². The van der Waals surface area contributed by atoms with Gasteiger partial charge in [0.05, 0.1) is 6.54 Å². The van der Waals surface area contributed by atoms with E-state index in [4.69, 9.17) is 0 Å². The summed E-state index contributed by atoms with van der Waals surface area (Å²) in [6.07, 6.45) is 2.67. The third-order valence-corrected chi connectivity index (χ3v) is 6.08. The first-order valence-electron chi connectivity index (χ1n) is 10.0. The number of para-hydroxylation sites is 1. The number of likely N-dealkylation sites (tertiary alicyclic amines) is 1. The van der Waals surface area contributed by atoms with Gasteiger partial charge in [-0.25, -0.2) is 0 Å². The third kappa shape index (κ3) is 4.66. The van der Waals surface area contributed by atoms with Crippen LogP contribution in [-0.4, -0.2) is 53.3 Å². The van der Waals surface area contributed by atoms with E-state index in [9.17, 15) is 19.2 Å². The van der Waals surface area contributed by atoms with Crippen molar-refractivity contribution in [2.24, 2.45) is 0 Å². The Morgan fingerprint density at radius 3 is 2.61 bits per heavy atom. The van der Waals surface area contributed by atoms with Crippen LogP contribution in [0.3, 0.4) is 0 Å². The number of hydrogen-bond donors (Lipinski definition) is 3. The lowest BCUT2D eigenvalue weighted by Gasteiger charge is -2.32. The molecule has 3 N–H and O–H groups in total. The fourth-order valence-electron chi connectivity index (χ4n) is 3.63. The minimum atomic E-state index is -0.585. The molecule has 0 spiro atoms. The number of hydrogen-bond acceptors (Lipinski definition) is 5. The molecule has 9 heteroatoms. The zero-order valence-corrected chi connectivity index (χ0v) is 17.5. The second-order valence-corrected chi connectivity index (χ2v) is 8.18. The molecule has 1 fully saturated rings. The number of thiophene rings is 1. The Morgan fingerprint density at radius 2 is 1.87 bits per heavy atom. The third-order valence-electron chi connectivity index (χ3n) is 5.40. The van der Waals surface area contributed by atoms with Crippen LogP contribution < -0.4 is 16.1 Å². The fraction of sp³-hybridized carbons (Fsp3) is 0.273. The summed E-state index contributed by atoms with van der Waals surface area (Å²) >= 11 is 1.47. The second-order valence-electron chi connectivity index (χ2n) is 7.40. The maximum atomic E-state index is 12.5. The average Bonchev–Trinajstić information content (AvgIpc) is 3.33. The molecule has 160 valence electrons. The first kappa shape index (κ1) is 20.8. The minimum absolute atomic E-state index is 0.0159. The zero-order valence-electron chi connectivity index (χ0n) is 16.7. The van der Waals surface area contributed by atoms with Crippen LogP contribution >= 0.6 is 11.3 Å². The molecule has 4 rings (SSSR count).